The number of benzene rings is 1. The highest BCUT2D eigenvalue weighted by atomic mass is 16.2. The highest BCUT2D eigenvalue weighted by Gasteiger charge is 2.49. The van der Waals surface area contributed by atoms with E-state index in [0.29, 0.717) is 6.67 Å². The second-order valence-electron chi connectivity index (χ2n) is 7.76. The zero-order valence-corrected chi connectivity index (χ0v) is 15.8. The van der Waals surface area contributed by atoms with E-state index in [0.717, 1.165) is 41.8 Å². The third kappa shape index (κ3) is 3.27. The molecule has 2 heterocycles. The minimum absolute atomic E-state index is 0.0396. The molecule has 1 saturated carbocycles. The molecule has 27 heavy (non-hydrogen) atoms. The van der Waals surface area contributed by atoms with Gasteiger partial charge in [0.15, 0.2) is 6.67 Å². The maximum absolute atomic E-state index is 12.7. The van der Waals surface area contributed by atoms with Crippen molar-refractivity contribution in [3.8, 4) is 5.69 Å². The van der Waals surface area contributed by atoms with Crippen LogP contribution in [0.5, 0.6) is 0 Å². The highest BCUT2D eigenvalue weighted by Crippen LogP contribution is 2.37. The van der Waals surface area contributed by atoms with Crippen molar-refractivity contribution in [3.63, 3.8) is 0 Å². The summed E-state index contributed by atoms with van der Waals surface area (Å²) >= 11 is 0. The summed E-state index contributed by atoms with van der Waals surface area (Å²) in [5.74, 6) is -0.0665. The van der Waals surface area contributed by atoms with Gasteiger partial charge < -0.3 is 4.90 Å². The first-order valence-corrected chi connectivity index (χ1v) is 9.68. The minimum Gasteiger partial charge on any atom is -0.314 e. The molecular weight excluding hydrogens is 342 g/mol. The molecule has 7 heteroatoms. The predicted molar refractivity (Wildman–Crippen MR) is 98.8 cm³/mol. The summed E-state index contributed by atoms with van der Waals surface area (Å²) in [4.78, 5) is 32.0. The number of aromatic nitrogens is 3. The fourth-order valence-corrected chi connectivity index (χ4v) is 4.31. The Morgan fingerprint density at radius 1 is 1.11 bits per heavy atom. The number of imide groups is 1. The highest BCUT2D eigenvalue weighted by molar-refractivity contribution is 6.05. The van der Waals surface area contributed by atoms with E-state index in [-0.39, 0.29) is 29.7 Å². The van der Waals surface area contributed by atoms with Gasteiger partial charge in [0, 0.05) is 5.56 Å². The summed E-state index contributed by atoms with van der Waals surface area (Å²) in [6.45, 7) is 2.55. The molecule has 0 radical (unpaired) electrons. The summed E-state index contributed by atoms with van der Waals surface area (Å²) in [7, 11) is 2.04. The Balaban J connectivity index is 1.44. The maximum Gasteiger partial charge on any atom is 0.237 e. The Morgan fingerprint density at radius 2 is 1.74 bits per heavy atom. The van der Waals surface area contributed by atoms with E-state index in [1.807, 2.05) is 19.2 Å². The van der Waals surface area contributed by atoms with Crippen LogP contribution in [0.1, 0.15) is 44.2 Å². The standard InChI is InChI=1S/C20H25N5O2/c1-14(15-7-9-16(10-8-15)25-12-21-11-22-25)23(2)13-24-19(26)17-5-3-4-6-18(17)20(24)27/h7-12,14,17-18H,3-6,13H2,1-2H3/p+1/t14-,17-,18+/m1/s1. The lowest BCUT2D eigenvalue weighted by molar-refractivity contribution is -0.917. The van der Waals surface area contributed by atoms with Crippen LogP contribution in [-0.4, -0.2) is 45.2 Å². The first kappa shape index (κ1) is 17.9. The number of quaternary nitrogens is 1. The number of nitrogens with zero attached hydrogens (tertiary/aromatic N) is 4. The Hall–Kier alpha value is -2.54. The van der Waals surface area contributed by atoms with Crippen LogP contribution < -0.4 is 4.90 Å². The van der Waals surface area contributed by atoms with E-state index in [2.05, 4.69) is 29.1 Å². The normalized spacial score (nSPS) is 24.7. The van der Waals surface area contributed by atoms with E-state index in [4.69, 9.17) is 0 Å². The molecule has 7 nitrogen and oxygen atoms in total. The van der Waals surface area contributed by atoms with E-state index >= 15 is 0 Å². The average Bonchev–Trinajstić information content (AvgIpc) is 3.32. The summed E-state index contributed by atoms with van der Waals surface area (Å²) < 4.78 is 1.72. The van der Waals surface area contributed by atoms with Gasteiger partial charge in [-0.2, -0.15) is 5.10 Å². The molecule has 1 unspecified atom stereocenters. The zero-order chi connectivity index (χ0) is 19.0. The van der Waals surface area contributed by atoms with Crippen molar-refractivity contribution in [1.82, 2.24) is 19.7 Å². The number of fused-ring (bicyclic) bond motifs is 1. The lowest BCUT2D eigenvalue weighted by Crippen LogP contribution is -3.10. The molecule has 2 fully saturated rings. The Bertz CT molecular complexity index is 793. The third-order valence-corrected chi connectivity index (χ3v) is 6.16. The molecule has 2 aliphatic rings. The molecule has 1 aromatic carbocycles. The molecule has 1 aliphatic carbocycles. The number of hydrogen-bond donors (Lipinski definition) is 1. The fraction of sp³-hybridized carbons (Fsp3) is 0.500. The summed E-state index contributed by atoms with van der Waals surface area (Å²) in [6, 6.07) is 8.32. The van der Waals surface area contributed by atoms with Crippen LogP contribution in [0.3, 0.4) is 0 Å². The molecule has 4 atom stereocenters. The van der Waals surface area contributed by atoms with Crippen molar-refractivity contribution in [2.24, 2.45) is 11.8 Å². The smallest absolute Gasteiger partial charge is 0.237 e. The summed E-state index contributed by atoms with van der Waals surface area (Å²) in [5.41, 5.74) is 2.11. The van der Waals surface area contributed by atoms with Crippen molar-refractivity contribution < 1.29 is 14.5 Å². The molecule has 1 aliphatic heterocycles. The topological polar surface area (TPSA) is 72.5 Å². The Morgan fingerprint density at radius 3 is 2.30 bits per heavy atom. The number of carbonyl (C=O) groups is 2. The fourth-order valence-electron chi connectivity index (χ4n) is 4.31. The molecule has 2 aromatic rings. The maximum atomic E-state index is 12.7. The monoisotopic (exact) mass is 368 g/mol. The van der Waals surface area contributed by atoms with Gasteiger partial charge in [0.25, 0.3) is 0 Å². The van der Waals surface area contributed by atoms with Crippen LogP contribution in [0, 0.1) is 11.8 Å². The van der Waals surface area contributed by atoms with Crippen molar-refractivity contribution in [2.45, 2.75) is 38.6 Å². The molecule has 1 saturated heterocycles. The molecule has 2 amide bonds. The number of carbonyl (C=O) groups excluding carboxylic acids is 2. The number of amides is 2. The van der Waals surface area contributed by atoms with Crippen LogP contribution in [0.25, 0.3) is 5.69 Å². The van der Waals surface area contributed by atoms with Gasteiger partial charge in [0.1, 0.15) is 18.7 Å². The predicted octanol–water partition coefficient (Wildman–Crippen LogP) is 0.976. The Kier molecular flexibility index (Phi) is 4.78. The number of nitrogens with one attached hydrogen (secondary N) is 1. The largest absolute Gasteiger partial charge is 0.314 e. The van der Waals surface area contributed by atoms with Crippen LogP contribution in [0.4, 0.5) is 0 Å². The number of likely N-dealkylation sites (tertiary alicyclic amines) is 1. The van der Waals surface area contributed by atoms with Gasteiger partial charge in [-0.05, 0) is 31.9 Å². The van der Waals surface area contributed by atoms with E-state index < -0.39 is 0 Å². The summed E-state index contributed by atoms with van der Waals surface area (Å²) in [6.07, 6.45) is 7.03. The zero-order valence-electron chi connectivity index (χ0n) is 15.8. The van der Waals surface area contributed by atoms with Gasteiger partial charge in [-0.25, -0.2) is 14.6 Å². The van der Waals surface area contributed by atoms with Crippen LogP contribution in [0.2, 0.25) is 0 Å². The first-order chi connectivity index (χ1) is 13.1. The quantitative estimate of drug-likeness (QED) is 0.799. The van der Waals surface area contributed by atoms with Gasteiger partial charge >= 0.3 is 0 Å². The minimum atomic E-state index is -0.0729. The lowest BCUT2D eigenvalue weighted by Gasteiger charge is -2.26. The third-order valence-electron chi connectivity index (χ3n) is 6.16. The lowest BCUT2D eigenvalue weighted by atomic mass is 9.81. The molecule has 4 rings (SSSR count). The van der Waals surface area contributed by atoms with Crippen molar-refractivity contribution >= 4 is 11.8 Å². The van der Waals surface area contributed by atoms with Crippen LogP contribution in [0.15, 0.2) is 36.9 Å². The van der Waals surface area contributed by atoms with Gasteiger partial charge in [-0.3, -0.25) is 9.59 Å². The van der Waals surface area contributed by atoms with Crippen molar-refractivity contribution in [2.75, 3.05) is 13.7 Å². The molecule has 0 bridgehead atoms. The Labute approximate surface area is 159 Å². The van der Waals surface area contributed by atoms with Gasteiger partial charge in [-0.1, -0.05) is 25.0 Å². The molecular formula is C20H26N5O2+. The molecule has 1 aromatic heterocycles. The second-order valence-corrected chi connectivity index (χ2v) is 7.76. The van der Waals surface area contributed by atoms with Crippen LogP contribution in [-0.2, 0) is 9.59 Å². The van der Waals surface area contributed by atoms with Crippen molar-refractivity contribution in [1.29, 1.82) is 0 Å². The van der Waals surface area contributed by atoms with Gasteiger partial charge in [-0.15, -0.1) is 0 Å². The molecule has 142 valence electrons. The van der Waals surface area contributed by atoms with Crippen molar-refractivity contribution in [3.05, 3.63) is 42.5 Å². The number of rotatable bonds is 5. The van der Waals surface area contributed by atoms with E-state index in [1.165, 1.54) is 11.2 Å². The first-order valence-electron chi connectivity index (χ1n) is 9.68. The van der Waals surface area contributed by atoms with Crippen LogP contribution >= 0.6 is 0 Å². The number of hydrogen-bond acceptors (Lipinski definition) is 4. The van der Waals surface area contributed by atoms with Gasteiger partial charge in [0.2, 0.25) is 11.8 Å². The average molecular weight is 368 g/mol. The molecule has 0 spiro atoms. The van der Waals surface area contributed by atoms with Gasteiger partial charge in [0.05, 0.1) is 24.6 Å². The summed E-state index contributed by atoms with van der Waals surface area (Å²) in [5, 5.41) is 4.14. The van der Waals surface area contributed by atoms with E-state index in [9.17, 15) is 9.59 Å². The second kappa shape index (κ2) is 7.23. The van der Waals surface area contributed by atoms with E-state index in [1.54, 1.807) is 11.0 Å². The SMILES string of the molecule is C[C@H](c1ccc(-n2cncn2)cc1)[NH+](C)CN1C(=O)[C@H]2CCCC[C@H]2C1=O. The molecule has 1 N–H and O–H groups in total.